The smallest absolute Gasteiger partial charge is 0.411 e. The molecule has 0 unspecified atom stereocenters. The molecule has 12 heteroatoms. The molecule has 0 radical (unpaired) electrons. The van der Waals surface area contributed by atoms with Crippen LogP contribution in [0.1, 0.15) is 26.4 Å². The average Bonchev–Trinajstić information content (AvgIpc) is 3.27. The van der Waals surface area contributed by atoms with Gasteiger partial charge in [0.2, 0.25) is 0 Å². The predicted octanol–water partition coefficient (Wildman–Crippen LogP) is 3.29. The molecule has 4 aromatic rings. The van der Waals surface area contributed by atoms with E-state index in [-0.39, 0.29) is 39.2 Å². The molecule has 0 bridgehead atoms. The molecule has 12 nitrogen and oxygen atoms in total. The van der Waals surface area contributed by atoms with Gasteiger partial charge in [0.15, 0.2) is 11.3 Å². The molecule has 0 aliphatic carbocycles. The zero-order valence-corrected chi connectivity index (χ0v) is 17.4. The van der Waals surface area contributed by atoms with Crippen molar-refractivity contribution in [2.75, 3.05) is 17.7 Å². The van der Waals surface area contributed by atoms with Gasteiger partial charge in [-0.05, 0) is 36.4 Å². The number of nitriles is 1. The van der Waals surface area contributed by atoms with Gasteiger partial charge < -0.3 is 19.7 Å². The second-order valence-corrected chi connectivity index (χ2v) is 6.78. The van der Waals surface area contributed by atoms with E-state index >= 15 is 0 Å². The molecule has 2 aromatic carbocycles. The topological polar surface area (TPSA) is 180 Å². The summed E-state index contributed by atoms with van der Waals surface area (Å²) in [6.45, 7) is 0. The number of aromatic carboxylic acids is 1. The molecule has 0 saturated heterocycles. The third kappa shape index (κ3) is 4.21. The predicted molar refractivity (Wildman–Crippen MR) is 117 cm³/mol. The summed E-state index contributed by atoms with van der Waals surface area (Å²) in [7, 11) is 1.21. The Morgan fingerprint density at radius 1 is 1.12 bits per heavy atom. The Hall–Kier alpha value is -5.31. The van der Waals surface area contributed by atoms with Crippen LogP contribution >= 0.6 is 0 Å². The van der Waals surface area contributed by atoms with Gasteiger partial charge in [-0.15, -0.1) is 0 Å². The summed E-state index contributed by atoms with van der Waals surface area (Å²) in [5, 5.41) is 35.4. The first kappa shape index (κ1) is 21.9. The van der Waals surface area contributed by atoms with Crippen LogP contribution in [0.3, 0.4) is 0 Å². The normalized spacial score (nSPS) is 10.4. The highest BCUT2D eigenvalue weighted by molar-refractivity contribution is 6.13. The number of nitrogens with one attached hydrogen (secondary N) is 2. The quantitative estimate of drug-likeness (QED) is 0.401. The van der Waals surface area contributed by atoms with Gasteiger partial charge in [0.05, 0.1) is 46.8 Å². The van der Waals surface area contributed by atoms with Crippen molar-refractivity contribution in [3.05, 3.63) is 65.5 Å². The minimum absolute atomic E-state index is 0.0224. The number of amides is 2. The Kier molecular flexibility index (Phi) is 5.83. The lowest BCUT2D eigenvalue weighted by molar-refractivity contribution is 0.0698. The number of ether oxygens (including phenoxy) is 1. The lowest BCUT2D eigenvalue weighted by Gasteiger charge is -2.10. The van der Waals surface area contributed by atoms with Crippen LogP contribution in [0.4, 0.5) is 16.2 Å². The fourth-order valence-electron chi connectivity index (χ4n) is 3.15. The SMILES string of the molecule is COC(=O)Nc1cc2onc(C(=O)Nc3ccc(C#N)cc3C(=O)O)c2cc1-c1cccnn1. The molecule has 0 fully saturated rings. The van der Waals surface area contributed by atoms with Crippen molar-refractivity contribution in [3.63, 3.8) is 0 Å². The summed E-state index contributed by atoms with van der Waals surface area (Å²) in [5.41, 5.74) is 0.963. The van der Waals surface area contributed by atoms with Crippen LogP contribution in [0.15, 0.2) is 53.2 Å². The van der Waals surface area contributed by atoms with Crippen molar-refractivity contribution in [1.82, 2.24) is 15.4 Å². The third-order valence-electron chi connectivity index (χ3n) is 4.72. The van der Waals surface area contributed by atoms with Crippen LogP contribution in [-0.4, -0.2) is 45.5 Å². The number of carbonyl (C=O) groups excluding carboxylic acids is 2. The van der Waals surface area contributed by atoms with Crippen LogP contribution in [0.25, 0.3) is 22.2 Å². The first-order valence-corrected chi connectivity index (χ1v) is 9.56. The van der Waals surface area contributed by atoms with E-state index in [0.717, 1.165) is 6.07 Å². The largest absolute Gasteiger partial charge is 0.478 e. The molecule has 0 atom stereocenters. The van der Waals surface area contributed by atoms with Gasteiger partial charge in [-0.3, -0.25) is 10.1 Å². The number of aromatic nitrogens is 3. The van der Waals surface area contributed by atoms with E-state index in [1.807, 2.05) is 6.07 Å². The number of methoxy groups -OCH3 is 1. The summed E-state index contributed by atoms with van der Waals surface area (Å²) in [6.07, 6.45) is 0.745. The van der Waals surface area contributed by atoms with E-state index in [2.05, 4.69) is 30.7 Å². The van der Waals surface area contributed by atoms with Crippen molar-refractivity contribution in [2.24, 2.45) is 0 Å². The van der Waals surface area contributed by atoms with Crippen molar-refractivity contribution >= 4 is 40.3 Å². The van der Waals surface area contributed by atoms with Crippen molar-refractivity contribution in [1.29, 1.82) is 5.26 Å². The first-order valence-electron chi connectivity index (χ1n) is 9.56. The monoisotopic (exact) mass is 458 g/mol. The minimum atomic E-state index is -1.32. The molecule has 2 aromatic heterocycles. The maximum atomic E-state index is 13.0. The van der Waals surface area contributed by atoms with Crippen LogP contribution in [0.2, 0.25) is 0 Å². The zero-order chi connectivity index (χ0) is 24.2. The van der Waals surface area contributed by atoms with E-state index in [1.54, 1.807) is 12.1 Å². The lowest BCUT2D eigenvalue weighted by atomic mass is 10.0. The van der Waals surface area contributed by atoms with Crippen molar-refractivity contribution in [2.45, 2.75) is 0 Å². The summed E-state index contributed by atoms with van der Waals surface area (Å²) >= 11 is 0. The summed E-state index contributed by atoms with van der Waals surface area (Å²) in [4.78, 5) is 36.3. The molecular weight excluding hydrogens is 444 g/mol. The maximum Gasteiger partial charge on any atom is 0.411 e. The Morgan fingerprint density at radius 2 is 1.94 bits per heavy atom. The van der Waals surface area contributed by atoms with Gasteiger partial charge >= 0.3 is 12.1 Å². The number of fused-ring (bicyclic) bond motifs is 1. The van der Waals surface area contributed by atoms with E-state index in [0.29, 0.717) is 11.3 Å². The maximum absolute atomic E-state index is 13.0. The van der Waals surface area contributed by atoms with Crippen LogP contribution in [0.5, 0.6) is 0 Å². The highest BCUT2D eigenvalue weighted by Crippen LogP contribution is 2.33. The number of nitrogens with zero attached hydrogens (tertiary/aromatic N) is 4. The second kappa shape index (κ2) is 9.05. The number of hydrogen-bond acceptors (Lipinski definition) is 9. The van der Waals surface area contributed by atoms with E-state index in [4.69, 9.17) is 9.78 Å². The number of hydrogen-bond donors (Lipinski definition) is 3. The number of carboxylic acid groups (broad SMARTS) is 1. The Labute approximate surface area is 190 Å². The van der Waals surface area contributed by atoms with Gasteiger partial charge in [-0.25, -0.2) is 9.59 Å². The standard InChI is InChI=1S/C22H14N6O6/c1-33-22(32)26-17-9-18-14(8-12(17)16-3-2-6-24-27-16)19(28-34-18)20(29)25-15-5-4-11(10-23)7-13(15)21(30)31/h2-9H,1H3,(H,25,29)(H,26,32)(H,30,31). The number of carboxylic acids is 1. The molecule has 4 rings (SSSR count). The number of anilines is 2. The van der Waals surface area contributed by atoms with E-state index in [1.165, 1.54) is 37.6 Å². The van der Waals surface area contributed by atoms with Gasteiger partial charge in [0.1, 0.15) is 0 Å². The molecule has 2 heterocycles. The molecule has 2 amide bonds. The van der Waals surface area contributed by atoms with E-state index in [9.17, 15) is 19.5 Å². The Balaban J connectivity index is 1.77. The molecule has 0 aliphatic heterocycles. The second-order valence-electron chi connectivity index (χ2n) is 6.78. The third-order valence-corrected chi connectivity index (χ3v) is 4.72. The van der Waals surface area contributed by atoms with Gasteiger partial charge in [-0.2, -0.15) is 15.5 Å². The van der Waals surface area contributed by atoms with Crippen LogP contribution in [0, 0.1) is 11.3 Å². The fourth-order valence-corrected chi connectivity index (χ4v) is 3.15. The minimum Gasteiger partial charge on any atom is -0.478 e. The molecule has 168 valence electrons. The summed E-state index contributed by atoms with van der Waals surface area (Å²) in [5.74, 6) is -2.06. The van der Waals surface area contributed by atoms with Gasteiger partial charge in [0.25, 0.3) is 5.91 Å². The van der Waals surface area contributed by atoms with Crippen LogP contribution in [-0.2, 0) is 4.74 Å². The Bertz CT molecular complexity index is 1470. The first-order chi connectivity index (χ1) is 16.4. The molecule has 0 spiro atoms. The number of rotatable bonds is 5. The van der Waals surface area contributed by atoms with Crippen molar-refractivity contribution in [3.8, 4) is 17.3 Å². The average molecular weight is 458 g/mol. The Morgan fingerprint density at radius 3 is 2.62 bits per heavy atom. The molecule has 34 heavy (non-hydrogen) atoms. The summed E-state index contributed by atoms with van der Waals surface area (Å²) < 4.78 is 9.92. The van der Waals surface area contributed by atoms with Gasteiger partial charge in [0, 0.05) is 17.8 Å². The number of carbonyl (C=O) groups is 3. The lowest BCUT2D eigenvalue weighted by Crippen LogP contribution is -2.16. The number of benzene rings is 2. The van der Waals surface area contributed by atoms with E-state index < -0.39 is 18.0 Å². The highest BCUT2D eigenvalue weighted by Gasteiger charge is 2.22. The molecular formula is C22H14N6O6. The molecule has 0 saturated carbocycles. The zero-order valence-electron chi connectivity index (χ0n) is 17.4. The molecule has 3 N–H and O–H groups in total. The van der Waals surface area contributed by atoms with Crippen molar-refractivity contribution < 1.29 is 28.8 Å². The fraction of sp³-hybridized carbons (Fsp3) is 0.0455. The molecule has 0 aliphatic rings. The highest BCUT2D eigenvalue weighted by atomic mass is 16.5. The summed E-state index contributed by atoms with van der Waals surface area (Å²) in [6, 6.07) is 12.0. The van der Waals surface area contributed by atoms with Crippen LogP contribution < -0.4 is 10.6 Å². The van der Waals surface area contributed by atoms with Gasteiger partial charge in [-0.1, -0.05) is 5.16 Å².